The van der Waals surface area contributed by atoms with Crippen molar-refractivity contribution in [1.29, 1.82) is 0 Å². The van der Waals surface area contributed by atoms with E-state index in [4.69, 9.17) is 9.88 Å². The number of esters is 1. The molecule has 1 saturated carbocycles. The smallest absolute Gasteiger partial charge is 0.341 e. The van der Waals surface area contributed by atoms with E-state index in [9.17, 15) is 22.0 Å². The summed E-state index contributed by atoms with van der Waals surface area (Å²) in [5.41, 5.74) is -0.647. The van der Waals surface area contributed by atoms with Gasteiger partial charge in [-0.1, -0.05) is 0 Å². The van der Waals surface area contributed by atoms with Crippen LogP contribution in [0.5, 0.6) is 0 Å². The Morgan fingerprint density at radius 3 is 2.47 bits per heavy atom. The number of hydrogen-bond donors (Lipinski definition) is 1. The first-order valence-electron chi connectivity index (χ1n) is 5.48. The highest BCUT2D eigenvalue weighted by Crippen LogP contribution is 2.29. The van der Waals surface area contributed by atoms with Gasteiger partial charge in [0, 0.05) is 6.07 Å². The fraction of sp³-hybridized carbons (Fsp3) is 0.364. The molecule has 0 atom stereocenters. The van der Waals surface area contributed by atoms with Gasteiger partial charge in [0.05, 0.1) is 12.2 Å². The lowest BCUT2D eigenvalue weighted by Crippen LogP contribution is -2.17. The maximum Gasteiger partial charge on any atom is 0.341 e. The number of carbonyl (C=O) groups is 1. The third-order valence-electron chi connectivity index (χ3n) is 2.70. The average molecular weight is 291 g/mol. The number of halogens is 2. The Labute approximate surface area is 108 Å². The number of primary sulfonamides is 1. The molecule has 19 heavy (non-hydrogen) atoms. The van der Waals surface area contributed by atoms with Crippen molar-refractivity contribution >= 4 is 16.0 Å². The molecule has 0 heterocycles. The summed E-state index contributed by atoms with van der Waals surface area (Å²) in [6.07, 6.45) is 1.86. The second kappa shape index (κ2) is 4.86. The number of sulfonamides is 1. The summed E-state index contributed by atoms with van der Waals surface area (Å²) >= 11 is 0. The molecule has 1 aliphatic rings. The van der Waals surface area contributed by atoms with E-state index in [1.807, 2.05) is 0 Å². The molecular formula is C11H11F2NO4S. The van der Waals surface area contributed by atoms with Crippen LogP contribution in [0.3, 0.4) is 0 Å². The third-order valence-corrected chi connectivity index (χ3v) is 3.62. The quantitative estimate of drug-likeness (QED) is 0.844. The van der Waals surface area contributed by atoms with Crippen LogP contribution in [0.25, 0.3) is 0 Å². The molecule has 0 bridgehead atoms. The molecule has 1 aliphatic carbocycles. The first-order chi connectivity index (χ1) is 8.79. The second-order valence-corrected chi connectivity index (χ2v) is 5.88. The van der Waals surface area contributed by atoms with Crippen LogP contribution in [0.1, 0.15) is 23.2 Å². The molecule has 0 aromatic heterocycles. The van der Waals surface area contributed by atoms with Crippen molar-refractivity contribution in [2.24, 2.45) is 11.1 Å². The number of benzene rings is 1. The van der Waals surface area contributed by atoms with Gasteiger partial charge in [-0.2, -0.15) is 0 Å². The molecule has 0 radical (unpaired) electrons. The molecular weight excluding hydrogens is 280 g/mol. The first kappa shape index (κ1) is 13.9. The van der Waals surface area contributed by atoms with Gasteiger partial charge >= 0.3 is 5.97 Å². The lowest BCUT2D eigenvalue weighted by Gasteiger charge is -2.07. The highest BCUT2D eigenvalue weighted by molar-refractivity contribution is 7.89. The number of hydrogen-bond acceptors (Lipinski definition) is 4. The van der Waals surface area contributed by atoms with Gasteiger partial charge in [0.2, 0.25) is 10.0 Å². The minimum atomic E-state index is -4.37. The van der Waals surface area contributed by atoms with Crippen LogP contribution in [0, 0.1) is 17.6 Å². The van der Waals surface area contributed by atoms with Gasteiger partial charge in [-0.05, 0) is 24.8 Å². The molecule has 1 fully saturated rings. The van der Waals surface area contributed by atoms with Crippen molar-refractivity contribution in [3.63, 3.8) is 0 Å². The van der Waals surface area contributed by atoms with E-state index < -0.39 is 38.1 Å². The standard InChI is InChI=1S/C11H11F2NO4S/c12-8-4-9(13)10(19(14,16)17)3-7(8)11(15)18-5-6-1-2-6/h3-4,6H,1-2,5H2,(H2,14,16,17). The summed E-state index contributed by atoms with van der Waals surface area (Å²) in [4.78, 5) is 10.6. The Morgan fingerprint density at radius 2 is 1.95 bits per heavy atom. The van der Waals surface area contributed by atoms with Crippen LogP contribution in [-0.4, -0.2) is 21.0 Å². The molecule has 1 aromatic carbocycles. The summed E-state index contributed by atoms with van der Waals surface area (Å²) in [6.45, 7) is 0.139. The second-order valence-electron chi connectivity index (χ2n) is 4.35. The molecule has 0 saturated heterocycles. The van der Waals surface area contributed by atoms with E-state index in [1.165, 1.54) is 0 Å². The summed E-state index contributed by atoms with van der Waals surface area (Å²) in [5.74, 6) is -3.30. The van der Waals surface area contributed by atoms with Crippen LogP contribution < -0.4 is 5.14 Å². The predicted molar refractivity (Wildman–Crippen MR) is 60.7 cm³/mol. The van der Waals surface area contributed by atoms with E-state index >= 15 is 0 Å². The number of ether oxygens (including phenoxy) is 1. The maximum atomic E-state index is 13.4. The molecule has 104 valence electrons. The summed E-state index contributed by atoms with van der Waals surface area (Å²) in [7, 11) is -4.37. The molecule has 1 aromatic rings. The maximum absolute atomic E-state index is 13.4. The van der Waals surface area contributed by atoms with E-state index in [2.05, 4.69) is 0 Å². The molecule has 8 heteroatoms. The Kier molecular flexibility index (Phi) is 3.55. The fourth-order valence-corrected chi connectivity index (χ4v) is 2.07. The lowest BCUT2D eigenvalue weighted by atomic mass is 10.2. The van der Waals surface area contributed by atoms with E-state index in [-0.39, 0.29) is 12.5 Å². The fourth-order valence-electron chi connectivity index (χ4n) is 1.46. The Hall–Kier alpha value is -1.54. The van der Waals surface area contributed by atoms with Crippen molar-refractivity contribution < 1.29 is 26.7 Å². The zero-order valence-corrected chi connectivity index (χ0v) is 10.5. The highest BCUT2D eigenvalue weighted by Gasteiger charge is 2.26. The molecule has 0 unspecified atom stereocenters. The Balaban J connectivity index is 2.30. The zero-order chi connectivity index (χ0) is 14.2. The molecule has 2 rings (SSSR count). The molecule has 2 N–H and O–H groups in total. The summed E-state index contributed by atoms with van der Waals surface area (Å²) < 4.78 is 53.7. The Morgan fingerprint density at radius 1 is 1.32 bits per heavy atom. The first-order valence-corrected chi connectivity index (χ1v) is 7.02. The van der Waals surface area contributed by atoms with Crippen molar-refractivity contribution in [1.82, 2.24) is 0 Å². The number of carbonyl (C=O) groups excluding carboxylic acids is 1. The third kappa shape index (κ3) is 3.27. The van der Waals surface area contributed by atoms with Gasteiger partial charge in [0.1, 0.15) is 16.5 Å². The van der Waals surface area contributed by atoms with Crippen LogP contribution in [0.15, 0.2) is 17.0 Å². The monoisotopic (exact) mass is 291 g/mol. The topological polar surface area (TPSA) is 86.5 Å². The van der Waals surface area contributed by atoms with Crippen molar-refractivity contribution in [2.45, 2.75) is 17.7 Å². The van der Waals surface area contributed by atoms with Gasteiger partial charge in [-0.15, -0.1) is 0 Å². The van der Waals surface area contributed by atoms with Crippen LogP contribution in [0.4, 0.5) is 8.78 Å². The lowest BCUT2D eigenvalue weighted by molar-refractivity contribution is 0.0480. The van der Waals surface area contributed by atoms with E-state index in [0.29, 0.717) is 12.1 Å². The molecule has 0 aliphatic heterocycles. The SMILES string of the molecule is NS(=O)(=O)c1cc(C(=O)OCC2CC2)c(F)cc1F. The minimum Gasteiger partial charge on any atom is -0.462 e. The minimum absolute atomic E-state index is 0.139. The van der Waals surface area contributed by atoms with Crippen molar-refractivity contribution in [3.05, 3.63) is 29.3 Å². The van der Waals surface area contributed by atoms with Crippen LogP contribution in [0.2, 0.25) is 0 Å². The van der Waals surface area contributed by atoms with Crippen LogP contribution in [-0.2, 0) is 14.8 Å². The largest absolute Gasteiger partial charge is 0.462 e. The molecule has 0 spiro atoms. The predicted octanol–water partition coefficient (Wildman–Crippen LogP) is 1.18. The van der Waals surface area contributed by atoms with E-state index in [0.717, 1.165) is 12.8 Å². The van der Waals surface area contributed by atoms with Gasteiger partial charge < -0.3 is 4.74 Å². The van der Waals surface area contributed by atoms with Gasteiger partial charge in [-0.3, -0.25) is 0 Å². The van der Waals surface area contributed by atoms with E-state index in [1.54, 1.807) is 0 Å². The number of nitrogens with two attached hydrogens (primary N) is 1. The van der Waals surface area contributed by atoms with Crippen molar-refractivity contribution in [3.8, 4) is 0 Å². The van der Waals surface area contributed by atoms with Crippen LogP contribution >= 0.6 is 0 Å². The number of rotatable bonds is 4. The molecule has 5 nitrogen and oxygen atoms in total. The zero-order valence-electron chi connectivity index (χ0n) is 9.73. The molecule has 0 amide bonds. The Bertz CT molecular complexity index is 626. The van der Waals surface area contributed by atoms with Gasteiger partial charge in [-0.25, -0.2) is 27.1 Å². The highest BCUT2D eigenvalue weighted by atomic mass is 32.2. The van der Waals surface area contributed by atoms with Crippen molar-refractivity contribution in [2.75, 3.05) is 6.61 Å². The van der Waals surface area contributed by atoms with Gasteiger partial charge in [0.15, 0.2) is 0 Å². The van der Waals surface area contributed by atoms with Gasteiger partial charge in [0.25, 0.3) is 0 Å². The summed E-state index contributed by atoms with van der Waals surface area (Å²) in [5, 5.41) is 4.77. The summed E-state index contributed by atoms with van der Waals surface area (Å²) in [6, 6.07) is 0.850. The normalized spacial score (nSPS) is 15.3. The average Bonchev–Trinajstić information content (AvgIpc) is 3.07.